The lowest BCUT2D eigenvalue weighted by molar-refractivity contribution is 0.221. The van der Waals surface area contributed by atoms with E-state index in [4.69, 9.17) is 0 Å². The Balaban J connectivity index is 1.80. The van der Waals surface area contributed by atoms with Gasteiger partial charge in [-0.05, 0) is 29.9 Å². The van der Waals surface area contributed by atoms with Gasteiger partial charge in [0, 0.05) is 18.5 Å². The van der Waals surface area contributed by atoms with Gasteiger partial charge in [-0.2, -0.15) is 0 Å². The number of aliphatic hydroxyl groups excluding tert-OH is 1. The standard InChI is InChI=1S/C15H23NO/c1-11(2)7-14(10-17)16-9-13-8-12-5-3-4-6-15(12)13/h3-6,11,13-14,16-17H,7-10H2,1-2H3. The molecule has 1 aliphatic carbocycles. The lowest BCUT2D eigenvalue weighted by Crippen LogP contribution is -2.39. The molecule has 0 aliphatic heterocycles. The topological polar surface area (TPSA) is 32.3 Å². The zero-order valence-electron chi connectivity index (χ0n) is 10.8. The van der Waals surface area contributed by atoms with Crippen molar-refractivity contribution in [3.05, 3.63) is 35.4 Å². The molecule has 2 N–H and O–H groups in total. The third kappa shape index (κ3) is 3.08. The number of fused-ring (bicyclic) bond motifs is 1. The van der Waals surface area contributed by atoms with Gasteiger partial charge in [0.2, 0.25) is 0 Å². The minimum absolute atomic E-state index is 0.243. The summed E-state index contributed by atoms with van der Waals surface area (Å²) in [5, 5.41) is 12.8. The molecule has 0 saturated heterocycles. The van der Waals surface area contributed by atoms with E-state index in [0.29, 0.717) is 11.8 Å². The van der Waals surface area contributed by atoms with Crippen molar-refractivity contribution in [3.63, 3.8) is 0 Å². The minimum atomic E-state index is 0.243. The van der Waals surface area contributed by atoms with Gasteiger partial charge in [0.1, 0.15) is 0 Å². The molecule has 0 heterocycles. The first kappa shape index (κ1) is 12.6. The Bertz CT molecular complexity index is 362. The first-order valence-corrected chi connectivity index (χ1v) is 6.62. The van der Waals surface area contributed by atoms with Crippen LogP contribution in [0.2, 0.25) is 0 Å². The highest BCUT2D eigenvalue weighted by molar-refractivity contribution is 5.40. The molecule has 0 aromatic heterocycles. The van der Waals surface area contributed by atoms with Gasteiger partial charge in [0.25, 0.3) is 0 Å². The molecular weight excluding hydrogens is 210 g/mol. The lowest BCUT2D eigenvalue weighted by Gasteiger charge is -2.32. The SMILES string of the molecule is CC(C)CC(CO)NCC1Cc2ccccc21. The molecule has 2 rings (SSSR count). The van der Waals surface area contributed by atoms with E-state index in [9.17, 15) is 5.11 Å². The summed E-state index contributed by atoms with van der Waals surface area (Å²) >= 11 is 0. The summed E-state index contributed by atoms with van der Waals surface area (Å²) in [6.07, 6.45) is 2.23. The van der Waals surface area contributed by atoms with Crippen molar-refractivity contribution in [2.24, 2.45) is 5.92 Å². The Morgan fingerprint density at radius 2 is 2.12 bits per heavy atom. The highest BCUT2D eigenvalue weighted by atomic mass is 16.3. The molecule has 94 valence electrons. The van der Waals surface area contributed by atoms with E-state index < -0.39 is 0 Å². The smallest absolute Gasteiger partial charge is 0.0584 e. The van der Waals surface area contributed by atoms with Crippen LogP contribution in [0.5, 0.6) is 0 Å². The van der Waals surface area contributed by atoms with Crippen LogP contribution < -0.4 is 5.32 Å². The third-order valence-electron chi connectivity index (χ3n) is 3.59. The largest absolute Gasteiger partial charge is 0.395 e. The summed E-state index contributed by atoms with van der Waals surface area (Å²) in [6.45, 7) is 5.63. The van der Waals surface area contributed by atoms with E-state index in [-0.39, 0.29) is 12.6 Å². The molecule has 0 bridgehead atoms. The fourth-order valence-corrected chi connectivity index (χ4v) is 2.65. The Morgan fingerprint density at radius 3 is 2.76 bits per heavy atom. The van der Waals surface area contributed by atoms with Gasteiger partial charge in [0.05, 0.1) is 6.61 Å². The average molecular weight is 233 g/mol. The van der Waals surface area contributed by atoms with Crippen LogP contribution in [0.15, 0.2) is 24.3 Å². The molecule has 2 nitrogen and oxygen atoms in total. The monoisotopic (exact) mass is 233 g/mol. The first-order chi connectivity index (χ1) is 8.20. The number of hydrogen-bond donors (Lipinski definition) is 2. The van der Waals surface area contributed by atoms with Crippen molar-refractivity contribution in [3.8, 4) is 0 Å². The van der Waals surface area contributed by atoms with E-state index in [1.165, 1.54) is 17.5 Å². The first-order valence-electron chi connectivity index (χ1n) is 6.62. The van der Waals surface area contributed by atoms with Crippen molar-refractivity contribution in [1.29, 1.82) is 0 Å². The molecule has 0 amide bonds. The van der Waals surface area contributed by atoms with Crippen LogP contribution in [0.4, 0.5) is 0 Å². The molecule has 1 aliphatic rings. The van der Waals surface area contributed by atoms with Gasteiger partial charge in [-0.25, -0.2) is 0 Å². The molecule has 1 aromatic rings. The number of aliphatic hydroxyl groups is 1. The molecule has 0 radical (unpaired) electrons. The zero-order chi connectivity index (χ0) is 12.3. The Kier molecular flexibility index (Phi) is 4.19. The van der Waals surface area contributed by atoms with Crippen molar-refractivity contribution < 1.29 is 5.11 Å². The summed E-state index contributed by atoms with van der Waals surface area (Å²) in [5.74, 6) is 1.28. The van der Waals surface area contributed by atoms with E-state index in [2.05, 4.69) is 43.4 Å². The quantitative estimate of drug-likeness (QED) is 0.790. The highest BCUT2D eigenvalue weighted by Crippen LogP contribution is 2.34. The van der Waals surface area contributed by atoms with Crippen molar-refractivity contribution in [1.82, 2.24) is 5.32 Å². The number of benzene rings is 1. The fraction of sp³-hybridized carbons (Fsp3) is 0.600. The summed E-state index contributed by atoms with van der Waals surface area (Å²) < 4.78 is 0. The Hall–Kier alpha value is -0.860. The van der Waals surface area contributed by atoms with Crippen LogP contribution >= 0.6 is 0 Å². The second kappa shape index (κ2) is 5.65. The van der Waals surface area contributed by atoms with Gasteiger partial charge >= 0.3 is 0 Å². The fourth-order valence-electron chi connectivity index (χ4n) is 2.65. The number of nitrogens with one attached hydrogen (secondary N) is 1. The second-order valence-corrected chi connectivity index (χ2v) is 5.52. The van der Waals surface area contributed by atoms with Crippen molar-refractivity contribution in [2.45, 2.75) is 38.6 Å². The molecule has 0 fully saturated rings. The average Bonchev–Trinajstić information content (AvgIpc) is 2.28. The summed E-state index contributed by atoms with van der Waals surface area (Å²) in [6, 6.07) is 8.91. The van der Waals surface area contributed by atoms with E-state index in [1.807, 2.05) is 0 Å². The Labute approximate surface area is 104 Å². The predicted octanol–water partition coefficient (Wildman–Crippen LogP) is 2.32. The van der Waals surface area contributed by atoms with Crippen LogP contribution in [0.1, 0.15) is 37.3 Å². The minimum Gasteiger partial charge on any atom is -0.395 e. The molecule has 17 heavy (non-hydrogen) atoms. The number of rotatable bonds is 6. The van der Waals surface area contributed by atoms with E-state index >= 15 is 0 Å². The summed E-state index contributed by atoms with van der Waals surface area (Å²) in [4.78, 5) is 0. The highest BCUT2D eigenvalue weighted by Gasteiger charge is 2.25. The van der Waals surface area contributed by atoms with Crippen LogP contribution in [0, 0.1) is 5.92 Å². The van der Waals surface area contributed by atoms with Crippen LogP contribution in [0.3, 0.4) is 0 Å². The second-order valence-electron chi connectivity index (χ2n) is 5.52. The van der Waals surface area contributed by atoms with Gasteiger partial charge < -0.3 is 10.4 Å². The summed E-state index contributed by atoms with van der Waals surface area (Å²) in [5.41, 5.74) is 2.98. The Morgan fingerprint density at radius 1 is 1.35 bits per heavy atom. The molecule has 1 aromatic carbocycles. The lowest BCUT2D eigenvalue weighted by atomic mass is 9.77. The predicted molar refractivity (Wildman–Crippen MR) is 71.2 cm³/mol. The molecule has 2 atom stereocenters. The van der Waals surface area contributed by atoms with Crippen molar-refractivity contribution in [2.75, 3.05) is 13.2 Å². The zero-order valence-corrected chi connectivity index (χ0v) is 10.8. The molecule has 2 unspecified atom stereocenters. The maximum Gasteiger partial charge on any atom is 0.0584 e. The molecule has 2 heteroatoms. The molecule has 0 spiro atoms. The van der Waals surface area contributed by atoms with Crippen LogP contribution in [-0.2, 0) is 6.42 Å². The van der Waals surface area contributed by atoms with E-state index in [1.54, 1.807) is 0 Å². The normalized spacial score (nSPS) is 19.9. The van der Waals surface area contributed by atoms with Gasteiger partial charge in [-0.1, -0.05) is 38.1 Å². The number of hydrogen-bond acceptors (Lipinski definition) is 2. The summed E-state index contributed by atoms with van der Waals surface area (Å²) in [7, 11) is 0. The molecular formula is C15H23NO. The third-order valence-corrected chi connectivity index (χ3v) is 3.59. The van der Waals surface area contributed by atoms with Crippen LogP contribution in [-0.4, -0.2) is 24.3 Å². The van der Waals surface area contributed by atoms with Gasteiger partial charge in [-0.15, -0.1) is 0 Å². The van der Waals surface area contributed by atoms with Crippen LogP contribution in [0.25, 0.3) is 0 Å². The van der Waals surface area contributed by atoms with Crippen molar-refractivity contribution >= 4 is 0 Å². The van der Waals surface area contributed by atoms with Gasteiger partial charge in [0.15, 0.2) is 0 Å². The van der Waals surface area contributed by atoms with Gasteiger partial charge in [-0.3, -0.25) is 0 Å². The van der Waals surface area contributed by atoms with E-state index in [0.717, 1.165) is 13.0 Å². The maximum atomic E-state index is 9.31. The molecule has 0 saturated carbocycles. The maximum absolute atomic E-state index is 9.31.